The molecule has 0 radical (unpaired) electrons. The highest BCUT2D eigenvalue weighted by Crippen LogP contribution is 2.24. The van der Waals surface area contributed by atoms with Crippen molar-refractivity contribution in [2.45, 2.75) is 46.3 Å². The van der Waals surface area contributed by atoms with Gasteiger partial charge in [-0.15, -0.1) is 0 Å². The fourth-order valence-corrected chi connectivity index (χ4v) is 3.85. The molecule has 1 aromatic carbocycles. The Balaban J connectivity index is 1.54. The largest absolute Gasteiger partial charge is 0.369 e. The Morgan fingerprint density at radius 3 is 2.56 bits per heavy atom. The van der Waals surface area contributed by atoms with Crippen molar-refractivity contribution < 1.29 is 4.79 Å². The van der Waals surface area contributed by atoms with Crippen LogP contribution in [0.25, 0.3) is 0 Å². The number of carbonyl (C=O) groups excluding carboxylic acids is 1. The van der Waals surface area contributed by atoms with Gasteiger partial charge in [0.25, 0.3) is 0 Å². The van der Waals surface area contributed by atoms with Crippen molar-refractivity contribution in [3.8, 4) is 0 Å². The molecule has 2 unspecified atom stereocenters. The maximum absolute atomic E-state index is 12.0. The molecule has 0 saturated carbocycles. The lowest BCUT2D eigenvalue weighted by molar-refractivity contribution is -0.125. The van der Waals surface area contributed by atoms with Crippen LogP contribution in [0.2, 0.25) is 0 Å². The Kier molecular flexibility index (Phi) is 5.64. The Bertz CT molecular complexity index is 608. The first-order valence-electron chi connectivity index (χ1n) is 9.53. The second-order valence-electron chi connectivity index (χ2n) is 7.86. The Hall–Kier alpha value is -1.59. The molecule has 5 nitrogen and oxygen atoms in total. The predicted octanol–water partition coefficient (Wildman–Crippen LogP) is 1.89. The predicted molar refractivity (Wildman–Crippen MR) is 103 cm³/mol. The molecule has 0 aliphatic carbocycles. The molecule has 2 aliphatic heterocycles. The number of nitrogens with zero attached hydrogens (tertiary/aromatic N) is 2. The first kappa shape index (κ1) is 18.2. The highest BCUT2D eigenvalue weighted by Gasteiger charge is 2.29. The van der Waals surface area contributed by atoms with Crippen molar-refractivity contribution in [2.24, 2.45) is 5.92 Å². The van der Waals surface area contributed by atoms with Gasteiger partial charge in [0, 0.05) is 50.9 Å². The second-order valence-corrected chi connectivity index (χ2v) is 7.86. The van der Waals surface area contributed by atoms with Crippen LogP contribution >= 0.6 is 0 Å². The van der Waals surface area contributed by atoms with E-state index in [-0.39, 0.29) is 18.1 Å². The summed E-state index contributed by atoms with van der Waals surface area (Å²) in [6.07, 6.45) is 0.683. The molecule has 0 bridgehead atoms. The number of amides is 1. The fourth-order valence-electron chi connectivity index (χ4n) is 3.85. The summed E-state index contributed by atoms with van der Waals surface area (Å²) >= 11 is 0. The van der Waals surface area contributed by atoms with E-state index < -0.39 is 0 Å². The van der Waals surface area contributed by atoms with Gasteiger partial charge in [-0.3, -0.25) is 15.0 Å². The van der Waals surface area contributed by atoms with Crippen LogP contribution in [0.3, 0.4) is 0 Å². The molecule has 2 atom stereocenters. The van der Waals surface area contributed by atoms with Gasteiger partial charge >= 0.3 is 0 Å². The lowest BCUT2D eigenvalue weighted by atomic mass is 10.0. The van der Waals surface area contributed by atoms with Crippen LogP contribution in [0.15, 0.2) is 18.2 Å². The van der Waals surface area contributed by atoms with Crippen LogP contribution in [0, 0.1) is 19.8 Å². The molecule has 138 valence electrons. The molecular weight excluding hydrogens is 312 g/mol. The summed E-state index contributed by atoms with van der Waals surface area (Å²) in [7, 11) is 0. The summed E-state index contributed by atoms with van der Waals surface area (Å²) in [5.74, 6) is 0.587. The number of carbonyl (C=O) groups is 1. The van der Waals surface area contributed by atoms with Gasteiger partial charge in [0.05, 0.1) is 6.17 Å². The van der Waals surface area contributed by atoms with Crippen molar-refractivity contribution in [3.05, 3.63) is 29.3 Å². The van der Waals surface area contributed by atoms with Crippen molar-refractivity contribution in [2.75, 3.05) is 37.6 Å². The highest BCUT2D eigenvalue weighted by molar-refractivity contribution is 5.77. The van der Waals surface area contributed by atoms with E-state index in [0.717, 1.165) is 32.7 Å². The molecule has 0 spiro atoms. The van der Waals surface area contributed by atoms with Gasteiger partial charge in [-0.1, -0.05) is 26.0 Å². The number of anilines is 1. The first-order chi connectivity index (χ1) is 11.9. The van der Waals surface area contributed by atoms with Gasteiger partial charge < -0.3 is 10.2 Å². The number of benzene rings is 1. The van der Waals surface area contributed by atoms with Crippen molar-refractivity contribution >= 4 is 11.6 Å². The normalized spacial score (nSPS) is 25.3. The van der Waals surface area contributed by atoms with E-state index >= 15 is 0 Å². The first-order valence-corrected chi connectivity index (χ1v) is 9.53. The van der Waals surface area contributed by atoms with Gasteiger partial charge in [0.1, 0.15) is 0 Å². The molecule has 0 aromatic heterocycles. The SMILES string of the molecule is Cc1cccc(N2CCN(CC3CC(=O)NC(C(C)C)N3)CC2)c1C. The average molecular weight is 345 g/mol. The molecule has 2 saturated heterocycles. The van der Waals surface area contributed by atoms with Gasteiger partial charge in [0.15, 0.2) is 0 Å². The van der Waals surface area contributed by atoms with Gasteiger partial charge in [-0.05, 0) is 37.0 Å². The molecule has 2 aliphatic rings. The van der Waals surface area contributed by atoms with Crippen LogP contribution < -0.4 is 15.5 Å². The molecule has 25 heavy (non-hydrogen) atoms. The molecule has 2 heterocycles. The summed E-state index contributed by atoms with van der Waals surface area (Å²) in [4.78, 5) is 17.0. The summed E-state index contributed by atoms with van der Waals surface area (Å²) < 4.78 is 0. The van der Waals surface area contributed by atoms with E-state index in [2.05, 4.69) is 66.3 Å². The van der Waals surface area contributed by atoms with Crippen LogP contribution in [0.1, 0.15) is 31.4 Å². The molecular formula is C20H32N4O. The van der Waals surface area contributed by atoms with E-state index in [1.165, 1.54) is 16.8 Å². The van der Waals surface area contributed by atoms with Gasteiger partial charge in [-0.25, -0.2) is 0 Å². The van der Waals surface area contributed by atoms with E-state index in [0.29, 0.717) is 12.3 Å². The summed E-state index contributed by atoms with van der Waals surface area (Å²) in [6, 6.07) is 6.83. The third kappa shape index (κ3) is 4.33. The third-order valence-electron chi connectivity index (χ3n) is 5.60. The molecule has 3 rings (SSSR count). The number of nitrogens with one attached hydrogen (secondary N) is 2. The lowest BCUT2D eigenvalue weighted by Gasteiger charge is -2.40. The van der Waals surface area contributed by atoms with Crippen LogP contribution in [0.5, 0.6) is 0 Å². The number of piperazine rings is 1. The van der Waals surface area contributed by atoms with Crippen LogP contribution in [0.4, 0.5) is 5.69 Å². The van der Waals surface area contributed by atoms with E-state index in [4.69, 9.17) is 0 Å². The maximum Gasteiger partial charge on any atom is 0.222 e. The molecule has 1 aromatic rings. The van der Waals surface area contributed by atoms with E-state index in [1.54, 1.807) is 0 Å². The summed E-state index contributed by atoms with van der Waals surface area (Å²) in [5, 5.41) is 6.65. The molecule has 2 N–H and O–H groups in total. The Morgan fingerprint density at radius 2 is 1.88 bits per heavy atom. The maximum atomic E-state index is 12.0. The quantitative estimate of drug-likeness (QED) is 0.876. The number of hydrogen-bond donors (Lipinski definition) is 2. The zero-order valence-corrected chi connectivity index (χ0v) is 16.0. The summed E-state index contributed by atoms with van der Waals surface area (Å²) in [5.41, 5.74) is 4.12. The van der Waals surface area contributed by atoms with Gasteiger partial charge in [-0.2, -0.15) is 0 Å². The number of rotatable bonds is 4. The Morgan fingerprint density at radius 1 is 1.16 bits per heavy atom. The lowest BCUT2D eigenvalue weighted by Crippen LogP contribution is -2.62. The minimum atomic E-state index is 0.0995. The minimum Gasteiger partial charge on any atom is -0.369 e. The fraction of sp³-hybridized carbons (Fsp3) is 0.650. The zero-order valence-electron chi connectivity index (χ0n) is 16.0. The topological polar surface area (TPSA) is 47.6 Å². The van der Waals surface area contributed by atoms with Crippen molar-refractivity contribution in [1.82, 2.24) is 15.5 Å². The van der Waals surface area contributed by atoms with Gasteiger partial charge in [0.2, 0.25) is 5.91 Å². The smallest absolute Gasteiger partial charge is 0.222 e. The highest BCUT2D eigenvalue weighted by atomic mass is 16.2. The molecule has 2 fully saturated rings. The average Bonchev–Trinajstić information content (AvgIpc) is 2.58. The number of hydrogen-bond acceptors (Lipinski definition) is 4. The minimum absolute atomic E-state index is 0.0995. The molecule has 1 amide bonds. The monoisotopic (exact) mass is 344 g/mol. The van der Waals surface area contributed by atoms with Crippen molar-refractivity contribution in [3.63, 3.8) is 0 Å². The van der Waals surface area contributed by atoms with Crippen molar-refractivity contribution in [1.29, 1.82) is 0 Å². The van der Waals surface area contributed by atoms with E-state index in [1.807, 2.05) is 0 Å². The Labute approximate surface area is 151 Å². The van der Waals surface area contributed by atoms with Crippen LogP contribution in [-0.2, 0) is 4.79 Å². The number of aryl methyl sites for hydroxylation is 1. The zero-order chi connectivity index (χ0) is 18.0. The second kappa shape index (κ2) is 7.75. The third-order valence-corrected chi connectivity index (χ3v) is 5.60. The van der Waals surface area contributed by atoms with Crippen LogP contribution in [-0.4, -0.2) is 55.7 Å². The summed E-state index contributed by atoms with van der Waals surface area (Å²) in [6.45, 7) is 13.9. The standard InChI is InChI=1S/C20H32N4O/c1-14(2)20-21-17(12-19(25)22-20)13-23-8-10-24(11-9-23)18-7-5-6-15(3)16(18)4/h5-7,14,17,20-21H,8-13H2,1-4H3,(H,22,25). The molecule has 5 heteroatoms. The van der Waals surface area contributed by atoms with E-state index in [9.17, 15) is 4.79 Å².